The highest BCUT2D eigenvalue weighted by Gasteiger charge is 2.59. The first-order valence-corrected chi connectivity index (χ1v) is 12.4. The third-order valence-electron chi connectivity index (χ3n) is 6.84. The molecule has 2 aliphatic rings. The van der Waals surface area contributed by atoms with Crippen molar-refractivity contribution in [1.29, 1.82) is 0 Å². The largest absolute Gasteiger partial charge is 0.423 e. The molecule has 188 valence electrons. The van der Waals surface area contributed by atoms with Crippen molar-refractivity contribution in [3.63, 3.8) is 0 Å². The number of nitrogens with zero attached hydrogens (tertiary/aromatic N) is 2. The molecular formula is C31H24N2O5. The second-order valence-electron chi connectivity index (χ2n) is 9.23. The number of ether oxygens (including phenoxy) is 1. The lowest BCUT2D eigenvalue weighted by molar-refractivity contribution is -0.143. The van der Waals surface area contributed by atoms with E-state index in [1.54, 1.807) is 53.6 Å². The maximum atomic E-state index is 13.7. The molecule has 2 saturated heterocycles. The van der Waals surface area contributed by atoms with Crippen LogP contribution in [-0.2, 0) is 21.0 Å². The zero-order valence-corrected chi connectivity index (χ0v) is 20.3. The summed E-state index contributed by atoms with van der Waals surface area (Å²) in [5, 5.41) is 1.65. The highest BCUT2D eigenvalue weighted by molar-refractivity contribution is 6.07. The van der Waals surface area contributed by atoms with Crippen LogP contribution in [0.15, 0.2) is 115 Å². The van der Waals surface area contributed by atoms with Crippen molar-refractivity contribution >= 4 is 23.5 Å². The number of likely N-dealkylation sites (tertiary alicyclic amines) is 1. The van der Waals surface area contributed by atoms with Crippen LogP contribution in [0, 0.1) is 5.92 Å². The number of fused-ring (bicyclic) bond motifs is 1. The van der Waals surface area contributed by atoms with Gasteiger partial charge < -0.3 is 4.74 Å². The van der Waals surface area contributed by atoms with Crippen LogP contribution < -0.4 is 9.80 Å². The summed E-state index contributed by atoms with van der Waals surface area (Å²) >= 11 is 0. The number of anilines is 1. The van der Waals surface area contributed by atoms with E-state index in [1.807, 2.05) is 66.7 Å². The molecular weight excluding hydrogens is 480 g/mol. The van der Waals surface area contributed by atoms with Gasteiger partial charge in [-0.1, -0.05) is 78.9 Å². The predicted molar refractivity (Wildman–Crippen MR) is 140 cm³/mol. The number of hydrogen-bond acceptors (Lipinski definition) is 6. The summed E-state index contributed by atoms with van der Waals surface area (Å²) in [6.45, 7) is 0.196. The normalized spacial score (nSPS) is 20.5. The van der Waals surface area contributed by atoms with Crippen LogP contribution in [0.2, 0.25) is 0 Å². The zero-order chi connectivity index (χ0) is 26.1. The van der Waals surface area contributed by atoms with Gasteiger partial charge in [-0.15, -0.1) is 0 Å². The van der Waals surface area contributed by atoms with E-state index in [0.717, 1.165) is 16.8 Å². The molecule has 0 N–H and O–H groups in total. The zero-order valence-electron chi connectivity index (χ0n) is 20.3. The SMILES string of the molecule is O=C(Oc1ccc([C@@H]2[C@@H]3C(=O)N(Cc4ccccc4)C(=O)[C@H]3ON2c2ccccc2)cc1)c1ccccc1. The van der Waals surface area contributed by atoms with Gasteiger partial charge in [-0.25, -0.2) is 9.86 Å². The number of carbonyl (C=O) groups is 3. The molecule has 0 aliphatic carbocycles. The Morgan fingerprint density at radius 3 is 2.00 bits per heavy atom. The Morgan fingerprint density at radius 2 is 1.34 bits per heavy atom. The van der Waals surface area contributed by atoms with Crippen molar-refractivity contribution in [2.75, 3.05) is 5.06 Å². The minimum Gasteiger partial charge on any atom is -0.423 e. The van der Waals surface area contributed by atoms with E-state index in [9.17, 15) is 14.4 Å². The van der Waals surface area contributed by atoms with Gasteiger partial charge in [0.15, 0.2) is 6.10 Å². The van der Waals surface area contributed by atoms with Crippen molar-refractivity contribution in [2.45, 2.75) is 18.7 Å². The number of benzene rings is 4. The van der Waals surface area contributed by atoms with Crippen LogP contribution in [0.3, 0.4) is 0 Å². The van der Waals surface area contributed by atoms with Crippen molar-refractivity contribution in [1.82, 2.24) is 4.90 Å². The second-order valence-corrected chi connectivity index (χ2v) is 9.23. The van der Waals surface area contributed by atoms with Crippen LogP contribution in [0.1, 0.15) is 27.5 Å². The summed E-state index contributed by atoms with van der Waals surface area (Å²) in [4.78, 5) is 47.0. The summed E-state index contributed by atoms with van der Waals surface area (Å²) in [5.41, 5.74) is 2.83. The smallest absolute Gasteiger partial charge is 0.343 e. The van der Waals surface area contributed by atoms with Crippen LogP contribution in [0.25, 0.3) is 0 Å². The lowest BCUT2D eigenvalue weighted by atomic mass is 9.90. The Bertz CT molecular complexity index is 1460. The van der Waals surface area contributed by atoms with Gasteiger partial charge in [0.05, 0.1) is 23.8 Å². The summed E-state index contributed by atoms with van der Waals surface area (Å²) in [5.74, 6) is -1.41. The maximum Gasteiger partial charge on any atom is 0.343 e. The number of carbonyl (C=O) groups excluding carboxylic acids is 3. The van der Waals surface area contributed by atoms with Crippen molar-refractivity contribution in [3.8, 4) is 5.75 Å². The average molecular weight is 505 g/mol. The number of para-hydroxylation sites is 1. The van der Waals surface area contributed by atoms with E-state index in [0.29, 0.717) is 11.3 Å². The van der Waals surface area contributed by atoms with Gasteiger partial charge in [-0.05, 0) is 47.5 Å². The van der Waals surface area contributed by atoms with E-state index >= 15 is 0 Å². The van der Waals surface area contributed by atoms with Gasteiger partial charge >= 0.3 is 5.97 Å². The van der Waals surface area contributed by atoms with Crippen LogP contribution >= 0.6 is 0 Å². The van der Waals surface area contributed by atoms with E-state index in [4.69, 9.17) is 9.57 Å². The average Bonchev–Trinajstić information content (AvgIpc) is 3.47. The van der Waals surface area contributed by atoms with E-state index < -0.39 is 24.0 Å². The number of imide groups is 1. The molecule has 0 spiro atoms. The summed E-state index contributed by atoms with van der Waals surface area (Å²) < 4.78 is 5.52. The van der Waals surface area contributed by atoms with Crippen molar-refractivity contribution < 1.29 is 24.0 Å². The van der Waals surface area contributed by atoms with Crippen LogP contribution in [0.4, 0.5) is 5.69 Å². The quantitative estimate of drug-likeness (QED) is 0.210. The van der Waals surface area contributed by atoms with E-state index in [2.05, 4.69) is 0 Å². The minimum absolute atomic E-state index is 0.196. The topological polar surface area (TPSA) is 76.2 Å². The number of esters is 1. The Morgan fingerprint density at radius 1 is 0.737 bits per heavy atom. The molecule has 7 nitrogen and oxygen atoms in total. The molecule has 0 saturated carbocycles. The fraction of sp³-hybridized carbons (Fsp3) is 0.129. The Labute approximate surface area is 219 Å². The predicted octanol–water partition coefficient (Wildman–Crippen LogP) is 4.95. The highest BCUT2D eigenvalue weighted by atomic mass is 16.7. The number of hydroxylamine groups is 1. The third kappa shape index (κ3) is 4.33. The summed E-state index contributed by atoms with van der Waals surface area (Å²) in [7, 11) is 0. The molecule has 0 radical (unpaired) electrons. The van der Waals surface area contributed by atoms with Gasteiger partial charge in [-0.2, -0.15) is 0 Å². The Balaban J connectivity index is 1.29. The Hall–Kier alpha value is -4.75. The molecule has 0 aromatic heterocycles. The third-order valence-corrected chi connectivity index (χ3v) is 6.84. The molecule has 0 unspecified atom stereocenters. The molecule has 2 aliphatic heterocycles. The number of amides is 2. The van der Waals surface area contributed by atoms with Crippen LogP contribution in [-0.4, -0.2) is 28.8 Å². The van der Waals surface area contributed by atoms with E-state index in [1.165, 1.54) is 4.90 Å². The lowest BCUT2D eigenvalue weighted by Crippen LogP contribution is -2.36. The van der Waals surface area contributed by atoms with Gasteiger partial charge in [0.1, 0.15) is 11.7 Å². The molecule has 7 heteroatoms. The first-order chi connectivity index (χ1) is 18.6. The van der Waals surface area contributed by atoms with Gasteiger partial charge in [-0.3, -0.25) is 19.3 Å². The van der Waals surface area contributed by atoms with Gasteiger partial charge in [0.2, 0.25) is 5.91 Å². The number of rotatable bonds is 6. The lowest BCUT2D eigenvalue weighted by Gasteiger charge is -2.28. The fourth-order valence-electron chi connectivity index (χ4n) is 5.00. The monoisotopic (exact) mass is 504 g/mol. The summed E-state index contributed by atoms with van der Waals surface area (Å²) in [6, 6.07) is 34.0. The van der Waals surface area contributed by atoms with Gasteiger partial charge in [0.25, 0.3) is 5.91 Å². The van der Waals surface area contributed by atoms with Crippen LogP contribution in [0.5, 0.6) is 5.75 Å². The molecule has 2 heterocycles. The minimum atomic E-state index is -0.924. The molecule has 38 heavy (non-hydrogen) atoms. The molecule has 3 atom stereocenters. The molecule has 4 aromatic rings. The molecule has 2 fully saturated rings. The number of hydrogen-bond donors (Lipinski definition) is 0. The highest BCUT2D eigenvalue weighted by Crippen LogP contribution is 2.47. The van der Waals surface area contributed by atoms with Crippen molar-refractivity contribution in [2.24, 2.45) is 5.92 Å². The first kappa shape index (κ1) is 23.6. The maximum absolute atomic E-state index is 13.7. The second kappa shape index (κ2) is 9.95. The van der Waals surface area contributed by atoms with Crippen molar-refractivity contribution in [3.05, 3.63) is 132 Å². The summed E-state index contributed by atoms with van der Waals surface area (Å²) in [6.07, 6.45) is -0.924. The molecule has 0 bridgehead atoms. The standard InChI is InChI=1S/C31H24N2O5/c34-29-26-27(22-16-18-25(19-17-22)37-31(36)23-12-6-2-7-13-23)33(24-14-8-3-9-15-24)38-28(26)30(35)32(29)20-21-10-4-1-5-11-21/h1-19,26-28H,20H2/t26-,27+,28-/m0/s1. The van der Waals surface area contributed by atoms with E-state index in [-0.39, 0.29) is 18.4 Å². The fourth-order valence-corrected chi connectivity index (χ4v) is 5.00. The molecule has 6 rings (SSSR count). The Kier molecular flexibility index (Phi) is 6.19. The molecule has 2 amide bonds. The van der Waals surface area contributed by atoms with Gasteiger partial charge in [0, 0.05) is 0 Å². The first-order valence-electron chi connectivity index (χ1n) is 12.4. The molecule has 4 aromatic carbocycles.